The maximum absolute atomic E-state index is 12.6. The molecule has 0 saturated heterocycles. The number of aryl methyl sites for hydroxylation is 2. The van der Waals surface area contributed by atoms with Gasteiger partial charge in [0.1, 0.15) is 0 Å². The fraction of sp³-hybridized carbons (Fsp3) is 0.286. The van der Waals surface area contributed by atoms with Crippen molar-refractivity contribution in [1.29, 1.82) is 0 Å². The Labute approximate surface area is 114 Å². The summed E-state index contributed by atoms with van der Waals surface area (Å²) in [5.41, 5.74) is 1.98. The van der Waals surface area contributed by atoms with E-state index in [1.807, 2.05) is 6.07 Å². The molecule has 1 aliphatic rings. The minimum atomic E-state index is -0.157. The molecule has 6 heteroatoms. The van der Waals surface area contributed by atoms with E-state index >= 15 is 0 Å². The van der Waals surface area contributed by atoms with Crippen LogP contribution in [0.25, 0.3) is 16.9 Å². The fourth-order valence-electron chi connectivity index (χ4n) is 2.80. The zero-order valence-corrected chi connectivity index (χ0v) is 10.9. The molecule has 3 aromatic heterocycles. The molecule has 4 heterocycles. The van der Waals surface area contributed by atoms with Crippen LogP contribution in [0, 0.1) is 0 Å². The third kappa shape index (κ3) is 1.57. The summed E-state index contributed by atoms with van der Waals surface area (Å²) in [6.07, 6.45) is 8.30. The number of fused-ring (bicyclic) bond motifs is 3. The molecule has 0 aromatic carbocycles. The Balaban J connectivity index is 1.99. The molecule has 0 saturated carbocycles. The van der Waals surface area contributed by atoms with Gasteiger partial charge in [0, 0.05) is 24.6 Å². The van der Waals surface area contributed by atoms with E-state index in [1.54, 1.807) is 24.7 Å². The average Bonchev–Trinajstić information content (AvgIpc) is 2.88. The maximum atomic E-state index is 12.6. The van der Waals surface area contributed by atoms with E-state index in [0.717, 1.165) is 24.9 Å². The Bertz CT molecular complexity index is 834. The first-order valence-electron chi connectivity index (χ1n) is 6.72. The van der Waals surface area contributed by atoms with Crippen LogP contribution in [0.5, 0.6) is 0 Å². The van der Waals surface area contributed by atoms with Crippen LogP contribution in [-0.2, 0) is 13.0 Å². The van der Waals surface area contributed by atoms with Gasteiger partial charge >= 0.3 is 0 Å². The molecule has 6 nitrogen and oxygen atoms in total. The number of hydrogen-bond acceptors (Lipinski definition) is 4. The molecule has 1 aliphatic heterocycles. The molecular formula is C14H13N5O. The molecule has 0 amide bonds. The van der Waals surface area contributed by atoms with Gasteiger partial charge in [0.15, 0.2) is 0 Å². The van der Waals surface area contributed by atoms with Crippen LogP contribution < -0.4 is 5.56 Å². The number of hydrogen-bond donors (Lipinski definition) is 0. The number of aromatic nitrogens is 5. The van der Waals surface area contributed by atoms with Crippen LogP contribution >= 0.6 is 0 Å². The number of rotatable bonds is 1. The Morgan fingerprint density at radius 1 is 1.15 bits per heavy atom. The van der Waals surface area contributed by atoms with Crippen molar-refractivity contribution in [2.45, 2.75) is 25.8 Å². The largest absolute Gasteiger partial charge is 0.343 e. The summed E-state index contributed by atoms with van der Waals surface area (Å²) in [4.78, 5) is 20.7. The number of nitrogens with zero attached hydrogens (tertiary/aromatic N) is 5. The first-order chi connectivity index (χ1) is 9.84. The summed E-state index contributed by atoms with van der Waals surface area (Å²) < 4.78 is 3.46. The molecule has 0 spiro atoms. The van der Waals surface area contributed by atoms with E-state index < -0.39 is 0 Å². The topological polar surface area (TPSA) is 65.6 Å². The lowest BCUT2D eigenvalue weighted by Gasteiger charge is -2.15. The quantitative estimate of drug-likeness (QED) is 0.667. The Morgan fingerprint density at radius 2 is 2.00 bits per heavy atom. The highest BCUT2D eigenvalue weighted by molar-refractivity contribution is 5.79. The Kier molecular flexibility index (Phi) is 2.42. The fourth-order valence-corrected chi connectivity index (χ4v) is 2.80. The van der Waals surface area contributed by atoms with E-state index in [9.17, 15) is 4.79 Å². The van der Waals surface area contributed by atoms with Crippen molar-refractivity contribution in [3.05, 3.63) is 46.8 Å². The van der Waals surface area contributed by atoms with E-state index in [0.29, 0.717) is 11.3 Å². The van der Waals surface area contributed by atoms with Gasteiger partial charge < -0.3 is 4.57 Å². The second-order valence-corrected chi connectivity index (χ2v) is 4.95. The lowest BCUT2D eigenvalue weighted by molar-refractivity contribution is 0.544. The van der Waals surface area contributed by atoms with Crippen molar-refractivity contribution in [1.82, 2.24) is 24.3 Å². The summed E-state index contributed by atoms with van der Waals surface area (Å²) in [6.45, 7) is 0.964. The summed E-state index contributed by atoms with van der Waals surface area (Å²) in [6, 6.07) is 3.70. The molecule has 100 valence electrons. The van der Waals surface area contributed by atoms with Crippen LogP contribution in [0.15, 0.2) is 35.5 Å². The van der Waals surface area contributed by atoms with Gasteiger partial charge in [0.05, 0.1) is 17.1 Å². The highest BCUT2D eigenvalue weighted by Gasteiger charge is 2.17. The van der Waals surface area contributed by atoms with E-state index in [-0.39, 0.29) is 5.56 Å². The van der Waals surface area contributed by atoms with Crippen molar-refractivity contribution in [3.63, 3.8) is 0 Å². The molecule has 0 bridgehead atoms. The molecule has 0 N–H and O–H groups in total. The van der Waals surface area contributed by atoms with Gasteiger partial charge in [-0.1, -0.05) is 0 Å². The highest BCUT2D eigenvalue weighted by Crippen LogP contribution is 2.22. The first kappa shape index (κ1) is 11.3. The predicted molar refractivity (Wildman–Crippen MR) is 73.9 cm³/mol. The maximum Gasteiger partial charge on any atom is 0.283 e. The minimum Gasteiger partial charge on any atom is -0.343 e. The molecule has 0 aliphatic carbocycles. The Morgan fingerprint density at radius 3 is 2.85 bits per heavy atom. The highest BCUT2D eigenvalue weighted by atomic mass is 16.1. The van der Waals surface area contributed by atoms with Crippen molar-refractivity contribution in [2.75, 3.05) is 0 Å². The standard InChI is InChI=1S/C14H13N5O/c20-13-11-8-10-4-1-2-7-18(10)12(11)9-17-19(13)14-15-5-3-6-16-14/h3,5-6,8-9H,1-2,4,7H2. The second-order valence-electron chi connectivity index (χ2n) is 4.95. The van der Waals surface area contributed by atoms with Crippen LogP contribution in [0.4, 0.5) is 0 Å². The zero-order chi connectivity index (χ0) is 13.5. The predicted octanol–water partition coefficient (Wildman–Crippen LogP) is 1.31. The van der Waals surface area contributed by atoms with Crippen LogP contribution in [0.3, 0.4) is 0 Å². The summed E-state index contributed by atoms with van der Waals surface area (Å²) in [5, 5.41) is 4.91. The normalized spacial score (nSPS) is 14.4. The molecule has 4 rings (SSSR count). The molecule has 0 unspecified atom stereocenters. The molecule has 20 heavy (non-hydrogen) atoms. The average molecular weight is 267 g/mol. The molecule has 3 aromatic rings. The Hall–Kier alpha value is -2.50. The van der Waals surface area contributed by atoms with Crippen molar-refractivity contribution in [3.8, 4) is 5.95 Å². The SMILES string of the molecule is O=c1c2cc3n(c2cnn1-c1ncccn1)CCCC3. The van der Waals surface area contributed by atoms with Gasteiger partial charge in [0.2, 0.25) is 0 Å². The van der Waals surface area contributed by atoms with Gasteiger partial charge in [-0.05, 0) is 31.4 Å². The first-order valence-corrected chi connectivity index (χ1v) is 6.72. The third-order valence-corrected chi connectivity index (χ3v) is 3.75. The van der Waals surface area contributed by atoms with E-state index in [4.69, 9.17) is 0 Å². The van der Waals surface area contributed by atoms with Gasteiger partial charge in [0.25, 0.3) is 11.5 Å². The second kappa shape index (κ2) is 4.26. The van der Waals surface area contributed by atoms with E-state index in [1.165, 1.54) is 16.8 Å². The smallest absolute Gasteiger partial charge is 0.283 e. The van der Waals surface area contributed by atoms with Crippen molar-refractivity contribution in [2.24, 2.45) is 0 Å². The lowest BCUT2D eigenvalue weighted by Crippen LogP contribution is -2.22. The summed E-state index contributed by atoms with van der Waals surface area (Å²) in [7, 11) is 0. The summed E-state index contributed by atoms with van der Waals surface area (Å²) >= 11 is 0. The molecule has 0 radical (unpaired) electrons. The monoisotopic (exact) mass is 267 g/mol. The summed E-state index contributed by atoms with van der Waals surface area (Å²) in [5.74, 6) is 0.309. The van der Waals surface area contributed by atoms with Gasteiger partial charge in [-0.25, -0.2) is 9.97 Å². The van der Waals surface area contributed by atoms with Crippen molar-refractivity contribution >= 4 is 10.9 Å². The molecule has 0 fully saturated rings. The van der Waals surface area contributed by atoms with Gasteiger partial charge in [-0.15, -0.1) is 0 Å². The van der Waals surface area contributed by atoms with E-state index in [2.05, 4.69) is 19.6 Å². The van der Waals surface area contributed by atoms with Crippen LogP contribution in [0.1, 0.15) is 18.5 Å². The third-order valence-electron chi connectivity index (χ3n) is 3.75. The molecular weight excluding hydrogens is 254 g/mol. The van der Waals surface area contributed by atoms with Crippen molar-refractivity contribution < 1.29 is 0 Å². The zero-order valence-electron chi connectivity index (χ0n) is 10.9. The van der Waals surface area contributed by atoms with Crippen LogP contribution in [0.2, 0.25) is 0 Å². The minimum absolute atomic E-state index is 0.157. The van der Waals surface area contributed by atoms with Gasteiger partial charge in [-0.3, -0.25) is 4.79 Å². The van der Waals surface area contributed by atoms with Crippen LogP contribution in [-0.4, -0.2) is 24.3 Å². The lowest BCUT2D eigenvalue weighted by atomic mass is 10.1. The van der Waals surface area contributed by atoms with Gasteiger partial charge in [-0.2, -0.15) is 9.78 Å². The molecule has 0 atom stereocenters.